The van der Waals surface area contributed by atoms with Crippen molar-refractivity contribution in [2.24, 2.45) is 0 Å². The second-order valence-electron chi connectivity index (χ2n) is 3.44. The van der Waals surface area contributed by atoms with E-state index < -0.39 is 0 Å². The summed E-state index contributed by atoms with van der Waals surface area (Å²) in [6.45, 7) is 0.153. The van der Waals surface area contributed by atoms with Crippen molar-refractivity contribution in [2.75, 3.05) is 37.9 Å². The topological polar surface area (TPSA) is 95.3 Å². The van der Waals surface area contributed by atoms with E-state index in [0.717, 1.165) is 0 Å². The first-order chi connectivity index (χ1) is 8.67. The highest BCUT2D eigenvalue weighted by Gasteiger charge is 2.14. The third kappa shape index (κ3) is 2.74. The van der Waals surface area contributed by atoms with Gasteiger partial charge in [0.2, 0.25) is 0 Å². The monoisotopic (exact) mass is 246 g/mol. The molecule has 0 unspecified atom stereocenters. The van der Waals surface area contributed by atoms with Crippen molar-refractivity contribution in [1.82, 2.24) is 0 Å². The van der Waals surface area contributed by atoms with Crippen LogP contribution in [0.15, 0.2) is 12.1 Å². The Morgan fingerprint density at radius 1 is 1.11 bits per heavy atom. The van der Waals surface area contributed by atoms with Crippen molar-refractivity contribution < 1.29 is 9.47 Å². The Labute approximate surface area is 106 Å². The first kappa shape index (κ1) is 13.5. The molecule has 0 aliphatic heterocycles. The summed E-state index contributed by atoms with van der Waals surface area (Å²) in [5.74, 6) is 1.01. The van der Waals surface area contributed by atoms with Crippen LogP contribution in [0, 0.1) is 22.7 Å². The van der Waals surface area contributed by atoms with Crippen LogP contribution in [0.1, 0.15) is 0 Å². The van der Waals surface area contributed by atoms with Crippen molar-refractivity contribution in [2.45, 2.75) is 0 Å². The molecule has 1 rings (SSSR count). The number of anilines is 2. The summed E-state index contributed by atoms with van der Waals surface area (Å²) in [6, 6.07) is 7.25. The number of nitrogens with two attached hydrogens (primary N) is 1. The van der Waals surface area contributed by atoms with Gasteiger partial charge in [-0.25, -0.2) is 0 Å². The number of nitrogens with zero attached hydrogens (tertiary/aromatic N) is 3. The van der Waals surface area contributed by atoms with Crippen LogP contribution in [0.25, 0.3) is 0 Å². The second kappa shape index (κ2) is 6.21. The van der Waals surface area contributed by atoms with Crippen molar-refractivity contribution >= 4 is 11.4 Å². The molecule has 6 heteroatoms. The van der Waals surface area contributed by atoms with E-state index in [1.54, 1.807) is 17.0 Å². The lowest BCUT2D eigenvalue weighted by molar-refractivity contribution is 0.355. The normalized spacial score (nSPS) is 9.11. The maximum atomic E-state index is 8.74. The summed E-state index contributed by atoms with van der Waals surface area (Å²) in [7, 11) is 3.02. The lowest BCUT2D eigenvalue weighted by Gasteiger charge is -2.21. The van der Waals surface area contributed by atoms with Crippen molar-refractivity contribution in [3.63, 3.8) is 0 Å². The van der Waals surface area contributed by atoms with Gasteiger partial charge in [-0.3, -0.25) is 0 Å². The highest BCUT2D eigenvalue weighted by molar-refractivity contribution is 5.73. The van der Waals surface area contributed by atoms with Gasteiger partial charge < -0.3 is 20.1 Å². The van der Waals surface area contributed by atoms with E-state index in [0.29, 0.717) is 22.9 Å². The summed E-state index contributed by atoms with van der Waals surface area (Å²) < 4.78 is 10.3. The zero-order valence-corrected chi connectivity index (χ0v) is 10.3. The van der Waals surface area contributed by atoms with Gasteiger partial charge in [0.15, 0.2) is 11.5 Å². The molecule has 0 bridgehead atoms. The van der Waals surface area contributed by atoms with Crippen LogP contribution in [-0.2, 0) is 0 Å². The first-order valence-electron chi connectivity index (χ1n) is 5.18. The molecule has 2 N–H and O–H groups in total. The van der Waals surface area contributed by atoms with E-state index in [1.165, 1.54) is 14.2 Å². The maximum Gasteiger partial charge on any atom is 0.162 e. The Morgan fingerprint density at radius 2 is 1.61 bits per heavy atom. The standard InChI is InChI=1S/C12H14N4O2/c1-17-11-7-9(15)10(8-12(11)18-2)16(5-3-13)6-4-14/h7-8H,5-6,15H2,1-2H3. The van der Waals surface area contributed by atoms with E-state index in [2.05, 4.69) is 0 Å². The number of rotatable bonds is 5. The van der Waals surface area contributed by atoms with E-state index in [-0.39, 0.29) is 13.1 Å². The number of ether oxygens (including phenoxy) is 2. The van der Waals surface area contributed by atoms with E-state index in [9.17, 15) is 0 Å². The SMILES string of the molecule is COc1cc(N)c(N(CC#N)CC#N)cc1OC. The van der Waals surface area contributed by atoms with Crippen LogP contribution in [-0.4, -0.2) is 27.3 Å². The Kier molecular flexibility index (Phi) is 4.65. The van der Waals surface area contributed by atoms with E-state index >= 15 is 0 Å². The molecule has 0 saturated heterocycles. The molecule has 6 nitrogen and oxygen atoms in total. The molecule has 0 aliphatic rings. The molecule has 0 amide bonds. The molecule has 0 radical (unpaired) electrons. The Morgan fingerprint density at radius 3 is 2.06 bits per heavy atom. The quantitative estimate of drug-likeness (QED) is 0.618. The first-order valence-corrected chi connectivity index (χ1v) is 5.18. The molecule has 1 aromatic carbocycles. The molecule has 0 spiro atoms. The lowest BCUT2D eigenvalue weighted by Crippen LogP contribution is -2.24. The maximum absolute atomic E-state index is 8.74. The van der Waals surface area contributed by atoms with Gasteiger partial charge in [-0.2, -0.15) is 10.5 Å². The summed E-state index contributed by atoms with van der Waals surface area (Å²) in [5, 5.41) is 17.5. The van der Waals surface area contributed by atoms with Crippen LogP contribution in [0.5, 0.6) is 11.5 Å². The van der Waals surface area contributed by atoms with Crippen LogP contribution in [0.3, 0.4) is 0 Å². The third-order valence-corrected chi connectivity index (χ3v) is 2.40. The van der Waals surface area contributed by atoms with Gasteiger partial charge in [0, 0.05) is 12.1 Å². The third-order valence-electron chi connectivity index (χ3n) is 2.40. The van der Waals surface area contributed by atoms with Crippen LogP contribution >= 0.6 is 0 Å². The van der Waals surface area contributed by atoms with Gasteiger partial charge in [0.25, 0.3) is 0 Å². The summed E-state index contributed by atoms with van der Waals surface area (Å²) in [5.41, 5.74) is 6.89. The largest absolute Gasteiger partial charge is 0.493 e. The molecule has 18 heavy (non-hydrogen) atoms. The minimum absolute atomic E-state index is 0.0766. The predicted molar refractivity (Wildman–Crippen MR) is 67.4 cm³/mol. The average molecular weight is 246 g/mol. The molecule has 94 valence electrons. The van der Waals surface area contributed by atoms with Gasteiger partial charge in [-0.15, -0.1) is 0 Å². The molecule has 0 fully saturated rings. The number of nitrogen functional groups attached to an aromatic ring is 1. The van der Waals surface area contributed by atoms with Crippen LogP contribution < -0.4 is 20.1 Å². The molecule has 1 aromatic rings. The van der Waals surface area contributed by atoms with Gasteiger partial charge in [0.05, 0.1) is 37.7 Å². The molecule has 0 aromatic heterocycles. The van der Waals surface area contributed by atoms with Crippen molar-refractivity contribution in [1.29, 1.82) is 10.5 Å². The second-order valence-corrected chi connectivity index (χ2v) is 3.44. The highest BCUT2D eigenvalue weighted by Crippen LogP contribution is 2.36. The summed E-state index contributed by atoms with van der Waals surface area (Å²) in [6.07, 6.45) is 0. The van der Waals surface area contributed by atoms with Crippen molar-refractivity contribution in [3.8, 4) is 23.6 Å². The smallest absolute Gasteiger partial charge is 0.162 e. The van der Waals surface area contributed by atoms with Crippen molar-refractivity contribution in [3.05, 3.63) is 12.1 Å². The molecule has 0 aliphatic carbocycles. The number of hydrogen-bond donors (Lipinski definition) is 1. The fraction of sp³-hybridized carbons (Fsp3) is 0.333. The zero-order chi connectivity index (χ0) is 13.5. The molecular weight excluding hydrogens is 232 g/mol. The molecule has 0 saturated carbocycles. The molecule has 0 atom stereocenters. The summed E-state index contributed by atoms with van der Waals surface area (Å²) >= 11 is 0. The fourth-order valence-electron chi connectivity index (χ4n) is 1.55. The highest BCUT2D eigenvalue weighted by atomic mass is 16.5. The minimum atomic E-state index is 0.0766. The predicted octanol–water partition coefficient (Wildman–Crippen LogP) is 1.14. The van der Waals surface area contributed by atoms with Gasteiger partial charge >= 0.3 is 0 Å². The minimum Gasteiger partial charge on any atom is -0.493 e. The van der Waals surface area contributed by atoms with Crippen LogP contribution in [0.2, 0.25) is 0 Å². The Balaban J connectivity index is 3.23. The number of benzene rings is 1. The summed E-state index contributed by atoms with van der Waals surface area (Å²) in [4.78, 5) is 1.57. The number of nitriles is 2. The van der Waals surface area contributed by atoms with Gasteiger partial charge in [-0.1, -0.05) is 0 Å². The van der Waals surface area contributed by atoms with Gasteiger partial charge in [0.1, 0.15) is 13.1 Å². The van der Waals surface area contributed by atoms with Gasteiger partial charge in [-0.05, 0) is 0 Å². The number of methoxy groups -OCH3 is 2. The zero-order valence-electron chi connectivity index (χ0n) is 10.3. The van der Waals surface area contributed by atoms with E-state index in [4.69, 9.17) is 25.7 Å². The Bertz CT molecular complexity index is 486. The lowest BCUT2D eigenvalue weighted by atomic mass is 10.2. The molecule has 0 heterocycles. The fourth-order valence-corrected chi connectivity index (χ4v) is 1.55. The number of hydrogen-bond acceptors (Lipinski definition) is 6. The van der Waals surface area contributed by atoms with Crippen LogP contribution in [0.4, 0.5) is 11.4 Å². The average Bonchev–Trinajstić information content (AvgIpc) is 2.38. The Hall–Kier alpha value is -2.60. The molecular formula is C12H14N4O2. The van der Waals surface area contributed by atoms with E-state index in [1.807, 2.05) is 12.1 Å².